The molecular formula is C36H57Cl2IN7O4P. The van der Waals surface area contributed by atoms with Gasteiger partial charge in [0.2, 0.25) is 5.91 Å². The highest BCUT2D eigenvalue weighted by Crippen LogP contribution is 2.56. The van der Waals surface area contributed by atoms with Gasteiger partial charge in [-0.2, -0.15) is 5.10 Å². The molecule has 0 bridgehead atoms. The van der Waals surface area contributed by atoms with Gasteiger partial charge < -0.3 is 34.7 Å². The van der Waals surface area contributed by atoms with E-state index in [4.69, 9.17) is 43.2 Å². The van der Waals surface area contributed by atoms with E-state index in [1.54, 1.807) is 18.1 Å². The first kappa shape index (κ1) is 43.5. The highest BCUT2D eigenvalue weighted by Gasteiger charge is 2.56. The van der Waals surface area contributed by atoms with Gasteiger partial charge in [-0.25, -0.2) is 4.79 Å². The number of nitrogens with one attached hydrogen (secondary N) is 2. The molecule has 0 radical (unpaired) electrons. The molecule has 51 heavy (non-hydrogen) atoms. The van der Waals surface area contributed by atoms with Crippen molar-refractivity contribution in [3.8, 4) is 11.1 Å². The van der Waals surface area contributed by atoms with E-state index in [0.29, 0.717) is 66.9 Å². The van der Waals surface area contributed by atoms with Crippen LogP contribution in [0.3, 0.4) is 0 Å². The molecule has 3 fully saturated rings. The van der Waals surface area contributed by atoms with Crippen LogP contribution in [-0.4, -0.2) is 95.4 Å². The van der Waals surface area contributed by atoms with E-state index in [1.165, 1.54) is 6.21 Å². The second-order valence-corrected chi connectivity index (χ2v) is 17.8. The molecule has 3 aliphatic rings. The molecule has 1 unspecified atom stereocenters. The Balaban J connectivity index is 0.00000230. The second kappa shape index (κ2) is 17.1. The van der Waals surface area contributed by atoms with E-state index in [-0.39, 0.29) is 36.8 Å². The third-order valence-electron chi connectivity index (χ3n) is 9.65. The van der Waals surface area contributed by atoms with Gasteiger partial charge in [-0.1, -0.05) is 58.3 Å². The number of nitrogens with zero attached hydrogens (tertiary/aromatic N) is 5. The number of piperazine rings is 1. The van der Waals surface area contributed by atoms with Crippen LogP contribution in [0.1, 0.15) is 93.0 Å². The standard InChI is InChI=1S/C33H47Cl2IN7O4P.C2H6.CH4/c1-19(2)29(44)40-9-10-42(32(7,15-40)18-46-8)28-25(26-22(14-37)24(39-48-36)11-23(34)27(26)35)20(3)43(38-28)21-12-33(13-21)16-41(17-33)30(45)47-31(4,5)6;1-2;/h11,14,19,21,37,39,48H,9-10,12-13,15-18H2,1-8H3;1-2H3;1H4/t32-;;/m1../s1. The van der Waals surface area contributed by atoms with Crippen molar-refractivity contribution in [2.75, 3.05) is 56.4 Å². The third-order valence-corrected chi connectivity index (χ3v) is 11.6. The molecule has 1 aromatic carbocycles. The minimum Gasteiger partial charge on any atom is -0.444 e. The van der Waals surface area contributed by atoms with Crippen LogP contribution in [0.2, 0.25) is 10.0 Å². The molecule has 15 heteroatoms. The van der Waals surface area contributed by atoms with Crippen LogP contribution < -0.4 is 9.99 Å². The minimum absolute atomic E-state index is 0. The molecule has 2 atom stereocenters. The molecule has 1 spiro atoms. The molecule has 2 aromatic rings. The molecule has 2 N–H and O–H groups in total. The van der Waals surface area contributed by atoms with Gasteiger partial charge in [0.25, 0.3) is 0 Å². The maximum Gasteiger partial charge on any atom is 0.410 e. The van der Waals surface area contributed by atoms with Crippen molar-refractivity contribution in [3.63, 3.8) is 0 Å². The number of aromatic nitrogens is 2. The molecule has 2 amide bonds. The highest BCUT2D eigenvalue weighted by molar-refractivity contribution is 14.2. The number of carbonyl (C=O) groups is 2. The van der Waals surface area contributed by atoms with E-state index < -0.39 is 11.1 Å². The Labute approximate surface area is 329 Å². The van der Waals surface area contributed by atoms with Crippen molar-refractivity contribution < 1.29 is 19.1 Å². The van der Waals surface area contributed by atoms with Crippen molar-refractivity contribution in [1.82, 2.24) is 19.6 Å². The lowest BCUT2D eigenvalue weighted by atomic mass is 9.61. The number of benzene rings is 1. The van der Waals surface area contributed by atoms with E-state index in [1.807, 2.05) is 53.4 Å². The average molecular weight is 881 g/mol. The number of hydrogen-bond donors (Lipinski definition) is 2. The molecule has 3 heterocycles. The summed E-state index contributed by atoms with van der Waals surface area (Å²) < 4.78 is 13.5. The zero-order valence-electron chi connectivity index (χ0n) is 31.0. The summed E-state index contributed by atoms with van der Waals surface area (Å²) in [6, 6.07) is 1.89. The number of methoxy groups -OCH3 is 1. The molecular weight excluding hydrogens is 823 g/mol. The van der Waals surface area contributed by atoms with Crippen LogP contribution in [0.4, 0.5) is 16.3 Å². The van der Waals surface area contributed by atoms with Crippen molar-refractivity contribution in [2.24, 2.45) is 11.3 Å². The number of rotatable bonds is 9. The Morgan fingerprint density at radius 1 is 1.16 bits per heavy atom. The van der Waals surface area contributed by atoms with Gasteiger partial charge in [0.05, 0.1) is 28.2 Å². The Kier molecular flexibility index (Phi) is 14.6. The zero-order valence-corrected chi connectivity index (χ0v) is 35.6. The number of amides is 2. The minimum atomic E-state index is -0.596. The number of carbonyl (C=O) groups excluding carboxylic acids is 2. The predicted octanol–water partition coefficient (Wildman–Crippen LogP) is 9.46. The quantitative estimate of drug-likeness (QED) is 0.147. The van der Waals surface area contributed by atoms with E-state index in [2.05, 4.69) is 50.6 Å². The molecule has 1 saturated carbocycles. The fraction of sp³-hybridized carbons (Fsp3) is 0.667. The first-order chi connectivity index (χ1) is 23.5. The van der Waals surface area contributed by atoms with E-state index in [0.717, 1.165) is 35.6 Å². The third kappa shape index (κ3) is 8.76. The monoisotopic (exact) mass is 879 g/mol. The van der Waals surface area contributed by atoms with Crippen molar-refractivity contribution in [1.29, 1.82) is 5.41 Å². The zero-order chi connectivity index (χ0) is 37.3. The lowest BCUT2D eigenvalue weighted by molar-refractivity contribution is -0.136. The van der Waals surface area contributed by atoms with Gasteiger partial charge in [-0.05, 0) is 75.6 Å². The number of ether oxygens (including phenoxy) is 2. The lowest BCUT2D eigenvalue weighted by Crippen LogP contribution is -2.65. The summed E-state index contributed by atoms with van der Waals surface area (Å²) in [6.45, 7) is 20.9. The second-order valence-electron chi connectivity index (χ2n) is 15.0. The average Bonchev–Trinajstić information content (AvgIpc) is 3.32. The van der Waals surface area contributed by atoms with Crippen LogP contribution in [0.5, 0.6) is 0 Å². The van der Waals surface area contributed by atoms with Crippen molar-refractivity contribution >= 4 is 81.3 Å². The Morgan fingerprint density at radius 2 is 1.78 bits per heavy atom. The lowest BCUT2D eigenvalue weighted by Gasteiger charge is -2.58. The van der Waals surface area contributed by atoms with Crippen LogP contribution >= 0.6 is 51.6 Å². The summed E-state index contributed by atoms with van der Waals surface area (Å²) in [5.74, 6) is 0.719. The molecule has 11 nitrogen and oxygen atoms in total. The van der Waals surface area contributed by atoms with Gasteiger partial charge in [0.1, 0.15) is 5.60 Å². The number of halogens is 3. The molecule has 1 aliphatic carbocycles. The van der Waals surface area contributed by atoms with Gasteiger partial charge in [0, 0.05) is 91.8 Å². The SMILES string of the molecule is C.CC.COC[C@@]1(C)CN(C(=O)C(C)C)CCN1c1nn(C2CC3(C2)CN(C(=O)OC(C)(C)C)C3)c(C)c1-c1c(Cl)c(Cl)cc(NPI)c1C=N. The van der Waals surface area contributed by atoms with E-state index >= 15 is 0 Å². The van der Waals surface area contributed by atoms with Crippen LogP contribution in [0.25, 0.3) is 11.1 Å². The fourth-order valence-electron chi connectivity index (χ4n) is 7.53. The first-order valence-electron chi connectivity index (χ1n) is 17.2. The highest BCUT2D eigenvalue weighted by atomic mass is 127. The Hall–Kier alpha value is -1.86. The Bertz CT molecular complexity index is 1590. The van der Waals surface area contributed by atoms with Gasteiger partial charge >= 0.3 is 6.09 Å². The number of likely N-dealkylation sites (tertiary alicyclic amines) is 1. The molecule has 2 aliphatic heterocycles. The van der Waals surface area contributed by atoms with Crippen molar-refractivity contribution in [2.45, 2.75) is 99.8 Å². The van der Waals surface area contributed by atoms with Crippen LogP contribution in [-0.2, 0) is 14.3 Å². The molecule has 1 aromatic heterocycles. The summed E-state index contributed by atoms with van der Waals surface area (Å²) in [7, 11) is 1.67. The Morgan fingerprint density at radius 3 is 2.31 bits per heavy atom. The summed E-state index contributed by atoms with van der Waals surface area (Å²) in [5.41, 5.74) is 2.67. The predicted molar refractivity (Wildman–Crippen MR) is 222 cm³/mol. The summed E-state index contributed by atoms with van der Waals surface area (Å²) in [5, 5.41) is 17.9. The molecule has 2 saturated heterocycles. The molecule has 286 valence electrons. The summed E-state index contributed by atoms with van der Waals surface area (Å²) in [4.78, 5) is 31.8. The van der Waals surface area contributed by atoms with Crippen LogP contribution in [0.15, 0.2) is 6.07 Å². The van der Waals surface area contributed by atoms with Crippen molar-refractivity contribution in [3.05, 3.63) is 27.4 Å². The summed E-state index contributed by atoms with van der Waals surface area (Å²) >= 11 is 16.1. The maximum absolute atomic E-state index is 13.2. The summed E-state index contributed by atoms with van der Waals surface area (Å²) in [6.07, 6.45) is 3.17. The first-order valence-corrected chi connectivity index (χ1v) is 22.1. The van der Waals surface area contributed by atoms with E-state index in [9.17, 15) is 9.59 Å². The maximum atomic E-state index is 13.2. The number of anilines is 2. The molecule has 5 rings (SSSR count). The normalized spacial score (nSPS) is 20.1. The van der Waals surface area contributed by atoms with Gasteiger partial charge in [-0.3, -0.25) is 9.48 Å². The fourth-order valence-corrected chi connectivity index (χ4v) is 9.17. The largest absolute Gasteiger partial charge is 0.444 e. The number of hydrogen-bond acceptors (Lipinski definition) is 8. The topological polar surface area (TPSA) is 116 Å². The van der Waals surface area contributed by atoms with Gasteiger partial charge in [-0.15, -0.1) is 0 Å². The smallest absolute Gasteiger partial charge is 0.410 e. The van der Waals surface area contributed by atoms with Crippen LogP contribution in [0, 0.1) is 23.7 Å². The van der Waals surface area contributed by atoms with Gasteiger partial charge in [0.15, 0.2) is 5.82 Å².